The van der Waals surface area contributed by atoms with E-state index in [0.717, 1.165) is 11.1 Å². The van der Waals surface area contributed by atoms with E-state index in [2.05, 4.69) is 19.1 Å². The summed E-state index contributed by atoms with van der Waals surface area (Å²) in [6.45, 7) is 4.07. The molecular weight excluding hydrogens is 277 g/mol. The van der Waals surface area contributed by atoms with Crippen LogP contribution in [0.25, 0.3) is 0 Å². The van der Waals surface area contributed by atoms with Crippen molar-refractivity contribution in [3.05, 3.63) is 69.2 Å². The maximum absolute atomic E-state index is 6.46. The van der Waals surface area contributed by atoms with Crippen molar-refractivity contribution in [3.8, 4) is 0 Å². The Morgan fingerprint density at radius 1 is 1.11 bits per heavy atom. The van der Waals surface area contributed by atoms with Gasteiger partial charge in [-0.3, -0.25) is 0 Å². The average Bonchev–Trinajstić information content (AvgIpc) is 2.35. The van der Waals surface area contributed by atoms with Gasteiger partial charge in [0.05, 0.1) is 10.0 Å². The molecule has 0 heterocycles. The molecule has 1 atom stereocenters. The van der Waals surface area contributed by atoms with Crippen LogP contribution >= 0.6 is 23.2 Å². The van der Waals surface area contributed by atoms with E-state index in [1.807, 2.05) is 31.2 Å². The fourth-order valence-electron chi connectivity index (χ4n) is 2.18. The molecule has 0 aliphatic heterocycles. The Bertz CT molecular complexity index is 591. The van der Waals surface area contributed by atoms with Gasteiger partial charge in [-0.2, -0.15) is 0 Å². The number of aryl methyl sites for hydroxylation is 1. The zero-order chi connectivity index (χ0) is 14.0. The van der Waals surface area contributed by atoms with Gasteiger partial charge in [-0.25, -0.2) is 0 Å². The first-order valence-electron chi connectivity index (χ1n) is 6.19. The molecule has 0 aliphatic rings. The van der Waals surface area contributed by atoms with E-state index in [-0.39, 0.29) is 0 Å². The number of halogens is 2. The monoisotopic (exact) mass is 293 g/mol. The van der Waals surface area contributed by atoms with Gasteiger partial charge in [-0.15, -0.1) is 0 Å². The third-order valence-corrected chi connectivity index (χ3v) is 4.12. The topological polar surface area (TPSA) is 26.0 Å². The van der Waals surface area contributed by atoms with Crippen molar-refractivity contribution in [3.63, 3.8) is 0 Å². The van der Waals surface area contributed by atoms with Crippen molar-refractivity contribution in [1.29, 1.82) is 0 Å². The Morgan fingerprint density at radius 3 is 2.47 bits per heavy atom. The minimum absolute atomic E-state index is 0.472. The quantitative estimate of drug-likeness (QED) is 0.871. The van der Waals surface area contributed by atoms with Gasteiger partial charge < -0.3 is 5.73 Å². The minimum atomic E-state index is -0.472. The fraction of sp³-hybridized carbons (Fsp3) is 0.250. The first kappa shape index (κ1) is 14.4. The van der Waals surface area contributed by atoms with Crippen molar-refractivity contribution >= 4 is 23.2 Å². The largest absolute Gasteiger partial charge is 0.321 e. The van der Waals surface area contributed by atoms with Crippen LogP contribution in [0.1, 0.15) is 23.6 Å². The molecule has 2 N–H and O–H groups in total. The summed E-state index contributed by atoms with van der Waals surface area (Å²) in [5.41, 5.74) is 9.26. The normalized spacial score (nSPS) is 14.2. The maximum atomic E-state index is 6.46. The summed E-state index contributed by atoms with van der Waals surface area (Å²) in [4.78, 5) is 0. The van der Waals surface area contributed by atoms with E-state index in [1.54, 1.807) is 6.07 Å². The Balaban J connectivity index is 2.33. The molecule has 2 aromatic rings. The van der Waals surface area contributed by atoms with E-state index < -0.39 is 5.54 Å². The van der Waals surface area contributed by atoms with Gasteiger partial charge in [-0.05, 0) is 37.5 Å². The fourth-order valence-corrected chi connectivity index (χ4v) is 2.57. The molecule has 0 radical (unpaired) electrons. The summed E-state index contributed by atoms with van der Waals surface area (Å²) in [6.07, 6.45) is 0.649. The third-order valence-electron chi connectivity index (χ3n) is 3.27. The Kier molecular flexibility index (Phi) is 4.19. The third kappa shape index (κ3) is 3.30. The number of benzene rings is 2. The summed E-state index contributed by atoms with van der Waals surface area (Å²) < 4.78 is 0. The van der Waals surface area contributed by atoms with E-state index in [9.17, 15) is 0 Å². The SMILES string of the molecule is Cc1cccc(C(C)(N)Cc2cccc(Cl)c2Cl)c1. The molecule has 0 saturated carbocycles. The lowest BCUT2D eigenvalue weighted by atomic mass is 9.86. The van der Waals surface area contributed by atoms with Crippen molar-refractivity contribution in [2.45, 2.75) is 25.8 Å². The molecule has 1 nitrogen and oxygen atoms in total. The molecule has 3 heteroatoms. The first-order valence-corrected chi connectivity index (χ1v) is 6.95. The van der Waals surface area contributed by atoms with Gasteiger partial charge in [0.15, 0.2) is 0 Å². The highest BCUT2D eigenvalue weighted by Crippen LogP contribution is 2.31. The Morgan fingerprint density at radius 2 is 1.79 bits per heavy atom. The van der Waals surface area contributed by atoms with Gasteiger partial charge in [0.25, 0.3) is 0 Å². The highest BCUT2D eigenvalue weighted by molar-refractivity contribution is 6.42. The molecule has 0 fully saturated rings. The average molecular weight is 294 g/mol. The van der Waals surface area contributed by atoms with E-state index in [4.69, 9.17) is 28.9 Å². The van der Waals surface area contributed by atoms with Crippen molar-refractivity contribution < 1.29 is 0 Å². The van der Waals surface area contributed by atoms with Crippen LogP contribution in [-0.4, -0.2) is 0 Å². The summed E-state index contributed by atoms with van der Waals surface area (Å²) in [5, 5.41) is 1.16. The smallest absolute Gasteiger partial charge is 0.0625 e. The molecule has 2 rings (SSSR count). The lowest BCUT2D eigenvalue weighted by molar-refractivity contribution is 0.491. The van der Waals surface area contributed by atoms with E-state index in [1.165, 1.54) is 5.56 Å². The zero-order valence-corrected chi connectivity index (χ0v) is 12.6. The highest BCUT2D eigenvalue weighted by atomic mass is 35.5. The van der Waals surface area contributed by atoms with Crippen molar-refractivity contribution in [2.24, 2.45) is 5.73 Å². The number of nitrogens with two attached hydrogens (primary N) is 1. The second-order valence-electron chi connectivity index (χ2n) is 5.18. The van der Waals surface area contributed by atoms with Crippen LogP contribution < -0.4 is 5.73 Å². The first-order chi connectivity index (χ1) is 8.90. The zero-order valence-electron chi connectivity index (χ0n) is 11.1. The van der Waals surface area contributed by atoms with Crippen LogP contribution in [0.5, 0.6) is 0 Å². The molecule has 0 spiro atoms. The summed E-state index contributed by atoms with van der Waals surface area (Å²) in [7, 11) is 0. The molecular formula is C16H17Cl2N. The lowest BCUT2D eigenvalue weighted by Crippen LogP contribution is -2.35. The van der Waals surface area contributed by atoms with Gasteiger partial charge in [-0.1, -0.05) is 65.2 Å². The van der Waals surface area contributed by atoms with Gasteiger partial charge in [0, 0.05) is 5.54 Å². The molecule has 19 heavy (non-hydrogen) atoms. The second-order valence-corrected chi connectivity index (χ2v) is 5.96. The molecule has 0 amide bonds. The number of hydrogen-bond acceptors (Lipinski definition) is 1. The predicted octanol–water partition coefficient (Wildman–Crippen LogP) is 4.72. The lowest BCUT2D eigenvalue weighted by Gasteiger charge is -2.26. The Labute approximate surface area is 124 Å². The summed E-state index contributed by atoms with van der Waals surface area (Å²) in [5.74, 6) is 0. The molecule has 2 aromatic carbocycles. The van der Waals surface area contributed by atoms with Crippen LogP contribution in [0.2, 0.25) is 10.0 Å². The molecule has 100 valence electrons. The van der Waals surface area contributed by atoms with Crippen LogP contribution in [0, 0.1) is 6.92 Å². The molecule has 0 aromatic heterocycles. The van der Waals surface area contributed by atoms with E-state index in [0.29, 0.717) is 16.5 Å². The highest BCUT2D eigenvalue weighted by Gasteiger charge is 2.23. The standard InChI is InChI=1S/C16H17Cl2N/c1-11-5-3-7-13(9-11)16(2,19)10-12-6-4-8-14(17)15(12)18/h3-9H,10,19H2,1-2H3. The van der Waals surface area contributed by atoms with Gasteiger partial charge in [0.1, 0.15) is 0 Å². The molecule has 0 saturated heterocycles. The number of hydrogen-bond donors (Lipinski definition) is 1. The van der Waals surface area contributed by atoms with Crippen LogP contribution in [0.4, 0.5) is 0 Å². The summed E-state index contributed by atoms with van der Waals surface area (Å²) in [6, 6.07) is 13.9. The molecule has 0 aliphatic carbocycles. The van der Waals surface area contributed by atoms with Crippen LogP contribution in [0.15, 0.2) is 42.5 Å². The molecule has 1 unspecified atom stereocenters. The van der Waals surface area contributed by atoms with Crippen LogP contribution in [0.3, 0.4) is 0 Å². The maximum Gasteiger partial charge on any atom is 0.0625 e. The van der Waals surface area contributed by atoms with Crippen molar-refractivity contribution in [1.82, 2.24) is 0 Å². The number of rotatable bonds is 3. The second kappa shape index (κ2) is 5.54. The minimum Gasteiger partial charge on any atom is -0.321 e. The predicted molar refractivity (Wildman–Crippen MR) is 82.9 cm³/mol. The van der Waals surface area contributed by atoms with Crippen LogP contribution in [-0.2, 0) is 12.0 Å². The molecule has 0 bridgehead atoms. The van der Waals surface area contributed by atoms with Gasteiger partial charge in [0.2, 0.25) is 0 Å². The Hall–Kier alpha value is -1.02. The van der Waals surface area contributed by atoms with Crippen molar-refractivity contribution in [2.75, 3.05) is 0 Å². The van der Waals surface area contributed by atoms with Gasteiger partial charge >= 0.3 is 0 Å². The van der Waals surface area contributed by atoms with E-state index >= 15 is 0 Å². The summed E-state index contributed by atoms with van der Waals surface area (Å²) >= 11 is 12.3.